The summed E-state index contributed by atoms with van der Waals surface area (Å²) in [6, 6.07) is 0. The SMILES string of the molecule is CC/C=C\C/C=C\C/C=C\C/C=C\C/C=C\C/C=C\C/C=C\CCCCCCCCCCCCCCCC(=O)OC(COC(=O)CCCCCCCCCCC/C=C\C/C=C\C/C=C\C/C=C\C/C=C\C/C=C\C/C=C\CC)COP(=O)(O)OCCN. The van der Waals surface area contributed by atoms with Gasteiger partial charge in [-0.3, -0.25) is 18.6 Å². The topological polar surface area (TPSA) is 134 Å². The summed E-state index contributed by atoms with van der Waals surface area (Å²) in [6.07, 6.45) is 104. The lowest BCUT2D eigenvalue weighted by molar-refractivity contribution is -0.161. The van der Waals surface area contributed by atoms with Crippen molar-refractivity contribution >= 4 is 19.8 Å². The van der Waals surface area contributed by atoms with Gasteiger partial charge in [0.1, 0.15) is 6.61 Å². The number of allylic oxidation sites excluding steroid dienone is 28. The zero-order valence-corrected chi connectivity index (χ0v) is 56.1. The molecule has 0 radical (unpaired) electrons. The minimum atomic E-state index is -4.41. The first-order chi connectivity index (χ1) is 42.8. The van der Waals surface area contributed by atoms with E-state index >= 15 is 0 Å². The summed E-state index contributed by atoms with van der Waals surface area (Å²) in [5, 5.41) is 0. The van der Waals surface area contributed by atoms with Crippen LogP contribution in [-0.2, 0) is 32.7 Å². The van der Waals surface area contributed by atoms with Crippen LogP contribution in [0, 0.1) is 0 Å². The number of unbranched alkanes of at least 4 members (excludes halogenated alkanes) is 22. The average molecular weight is 1220 g/mol. The Morgan fingerprint density at radius 2 is 0.598 bits per heavy atom. The van der Waals surface area contributed by atoms with Gasteiger partial charge in [0.05, 0.1) is 13.2 Å². The second-order valence-corrected chi connectivity index (χ2v) is 23.7. The molecule has 0 rings (SSSR count). The molecule has 0 saturated heterocycles. The Morgan fingerprint density at radius 3 is 0.885 bits per heavy atom. The van der Waals surface area contributed by atoms with Crippen molar-refractivity contribution in [1.82, 2.24) is 0 Å². The maximum absolute atomic E-state index is 12.8. The van der Waals surface area contributed by atoms with E-state index in [0.717, 1.165) is 141 Å². The maximum atomic E-state index is 12.8. The van der Waals surface area contributed by atoms with E-state index in [1.54, 1.807) is 0 Å². The number of carbonyl (C=O) groups excluding carboxylic acids is 2. The fourth-order valence-corrected chi connectivity index (χ4v) is 9.83. The van der Waals surface area contributed by atoms with E-state index in [1.807, 2.05) is 0 Å². The van der Waals surface area contributed by atoms with E-state index < -0.39 is 32.5 Å². The first kappa shape index (κ1) is 82.4. The van der Waals surface area contributed by atoms with Gasteiger partial charge in [-0.2, -0.15) is 0 Å². The van der Waals surface area contributed by atoms with Crippen LogP contribution in [0.15, 0.2) is 170 Å². The number of ether oxygens (including phenoxy) is 2. The van der Waals surface area contributed by atoms with Crippen molar-refractivity contribution in [3.05, 3.63) is 170 Å². The summed E-state index contributed by atoms with van der Waals surface area (Å²) in [6.45, 7) is 3.50. The molecule has 0 spiro atoms. The third-order valence-corrected chi connectivity index (χ3v) is 15.1. The van der Waals surface area contributed by atoms with Gasteiger partial charge in [0.25, 0.3) is 0 Å². The van der Waals surface area contributed by atoms with Crippen LogP contribution in [0.25, 0.3) is 0 Å². The number of nitrogens with two attached hydrogens (primary N) is 1. The summed E-state index contributed by atoms with van der Waals surface area (Å²) in [7, 11) is -4.41. The monoisotopic (exact) mass is 1220 g/mol. The number of carbonyl (C=O) groups is 2. The summed E-state index contributed by atoms with van der Waals surface area (Å²) in [5.41, 5.74) is 5.40. The van der Waals surface area contributed by atoms with Crippen molar-refractivity contribution in [2.24, 2.45) is 5.73 Å². The van der Waals surface area contributed by atoms with Gasteiger partial charge in [-0.15, -0.1) is 0 Å². The highest BCUT2D eigenvalue weighted by atomic mass is 31.2. The predicted octanol–water partition coefficient (Wildman–Crippen LogP) is 23.0. The molecule has 0 fully saturated rings. The summed E-state index contributed by atoms with van der Waals surface area (Å²) >= 11 is 0. The number of hydrogen-bond donors (Lipinski definition) is 2. The van der Waals surface area contributed by atoms with Gasteiger partial charge in [0.15, 0.2) is 6.10 Å². The molecule has 2 unspecified atom stereocenters. The molecule has 2 atom stereocenters. The normalized spacial score (nSPS) is 14.0. The fourth-order valence-electron chi connectivity index (χ4n) is 9.07. The van der Waals surface area contributed by atoms with Crippen molar-refractivity contribution in [2.75, 3.05) is 26.4 Å². The number of hydrogen-bond acceptors (Lipinski definition) is 8. The molecule has 492 valence electrons. The van der Waals surface area contributed by atoms with E-state index in [2.05, 4.69) is 184 Å². The Kier molecular flexibility index (Phi) is 66.7. The fraction of sp³-hybridized carbons (Fsp3) is 0.610. The lowest BCUT2D eigenvalue weighted by atomic mass is 10.0. The molecule has 0 aromatic carbocycles. The molecule has 0 aromatic heterocycles. The Bertz CT molecular complexity index is 2030. The number of phosphoric acid groups is 1. The Balaban J connectivity index is 3.96. The van der Waals surface area contributed by atoms with Gasteiger partial charge in [-0.05, 0) is 128 Å². The predicted molar refractivity (Wildman–Crippen MR) is 376 cm³/mol. The van der Waals surface area contributed by atoms with Crippen LogP contribution in [0.4, 0.5) is 0 Å². The summed E-state index contributed by atoms with van der Waals surface area (Å²) < 4.78 is 33.2. The van der Waals surface area contributed by atoms with Crippen LogP contribution in [-0.4, -0.2) is 49.3 Å². The highest BCUT2D eigenvalue weighted by Gasteiger charge is 2.26. The lowest BCUT2D eigenvalue weighted by Gasteiger charge is -2.19. The molecule has 0 aromatic rings. The molecule has 0 aliphatic heterocycles. The summed E-state index contributed by atoms with van der Waals surface area (Å²) in [4.78, 5) is 35.4. The highest BCUT2D eigenvalue weighted by molar-refractivity contribution is 7.47. The number of phosphoric ester groups is 1. The number of esters is 2. The highest BCUT2D eigenvalue weighted by Crippen LogP contribution is 2.43. The minimum absolute atomic E-state index is 0.0446. The second-order valence-electron chi connectivity index (χ2n) is 22.3. The molecule has 0 bridgehead atoms. The molecular formula is C77H126NO8P. The largest absolute Gasteiger partial charge is 0.472 e. The van der Waals surface area contributed by atoms with Crippen molar-refractivity contribution in [1.29, 1.82) is 0 Å². The Labute approximate surface area is 533 Å². The van der Waals surface area contributed by atoms with Gasteiger partial charge < -0.3 is 20.1 Å². The van der Waals surface area contributed by atoms with Gasteiger partial charge in [0.2, 0.25) is 0 Å². The average Bonchev–Trinajstić information content (AvgIpc) is 3.64. The molecular weight excluding hydrogens is 1100 g/mol. The molecule has 0 aliphatic rings. The van der Waals surface area contributed by atoms with Crippen LogP contribution >= 0.6 is 7.82 Å². The van der Waals surface area contributed by atoms with Gasteiger partial charge in [0, 0.05) is 19.4 Å². The quantitative estimate of drug-likeness (QED) is 0.0264. The third-order valence-electron chi connectivity index (χ3n) is 14.1. The third kappa shape index (κ3) is 70.3. The van der Waals surface area contributed by atoms with Crippen LogP contribution in [0.2, 0.25) is 0 Å². The van der Waals surface area contributed by atoms with E-state index in [-0.39, 0.29) is 32.6 Å². The molecule has 0 heterocycles. The van der Waals surface area contributed by atoms with E-state index in [9.17, 15) is 19.0 Å². The van der Waals surface area contributed by atoms with Crippen molar-refractivity contribution in [3.63, 3.8) is 0 Å². The standard InChI is InChI=1S/C77H126NO8P/c1-3-5-7-9-11-13-15-17-19-21-23-25-27-29-31-33-35-36-37-38-40-42-44-46-48-50-52-54-56-58-60-62-64-66-68-70-77(80)86-75(74-85-87(81,82)84-72-71-78)73-83-76(79)69-67-65-63-61-59-57-55-53-51-49-47-45-43-41-39-34-32-30-28-26-24-22-20-18-16-14-12-10-8-6-4-2/h5-8,11-14,17-20,23-26,29-32,35-36,38-41,45,47,75H,3-4,9-10,15-16,21-22,27-28,33-34,37,42-44,46,48-74,78H2,1-2H3,(H,81,82)/b7-5-,8-6-,13-11-,14-12-,19-17-,20-18-,25-23-,26-24-,31-29-,32-30-,36-35-,40-38-,41-39-,47-45-. The lowest BCUT2D eigenvalue weighted by Crippen LogP contribution is -2.29. The molecule has 0 saturated carbocycles. The van der Waals surface area contributed by atoms with Crippen LogP contribution < -0.4 is 5.73 Å². The van der Waals surface area contributed by atoms with Gasteiger partial charge in [-0.25, -0.2) is 4.57 Å². The Morgan fingerprint density at radius 1 is 0.345 bits per heavy atom. The second kappa shape index (κ2) is 70.5. The Hall–Kier alpha value is -4.63. The molecule has 0 aliphatic carbocycles. The van der Waals surface area contributed by atoms with Crippen LogP contribution in [0.3, 0.4) is 0 Å². The first-order valence-electron chi connectivity index (χ1n) is 34.6. The van der Waals surface area contributed by atoms with Crippen LogP contribution in [0.1, 0.15) is 271 Å². The van der Waals surface area contributed by atoms with Gasteiger partial charge >= 0.3 is 19.8 Å². The molecule has 3 N–H and O–H groups in total. The zero-order valence-electron chi connectivity index (χ0n) is 55.2. The van der Waals surface area contributed by atoms with E-state index in [1.165, 1.54) is 96.3 Å². The molecule has 9 nitrogen and oxygen atoms in total. The first-order valence-corrected chi connectivity index (χ1v) is 36.1. The van der Waals surface area contributed by atoms with E-state index in [0.29, 0.717) is 6.42 Å². The van der Waals surface area contributed by atoms with Crippen molar-refractivity contribution < 1.29 is 37.6 Å². The zero-order chi connectivity index (χ0) is 63.0. The smallest absolute Gasteiger partial charge is 0.462 e. The molecule has 0 amide bonds. The molecule has 10 heteroatoms. The number of rotatable bonds is 63. The van der Waals surface area contributed by atoms with E-state index in [4.69, 9.17) is 24.3 Å². The molecule has 87 heavy (non-hydrogen) atoms. The minimum Gasteiger partial charge on any atom is -0.462 e. The summed E-state index contributed by atoms with van der Waals surface area (Å²) in [5.74, 6) is -0.842. The van der Waals surface area contributed by atoms with Crippen molar-refractivity contribution in [3.8, 4) is 0 Å². The van der Waals surface area contributed by atoms with Crippen LogP contribution in [0.5, 0.6) is 0 Å². The van der Waals surface area contributed by atoms with Gasteiger partial charge in [-0.1, -0.05) is 300 Å². The van der Waals surface area contributed by atoms with Crippen molar-refractivity contribution in [2.45, 2.75) is 277 Å². The maximum Gasteiger partial charge on any atom is 0.472 e.